The molecule has 3 rings (SSSR count). The number of benzene rings is 1. The van der Waals surface area contributed by atoms with Crippen LogP contribution in [0, 0.1) is 0 Å². The summed E-state index contributed by atoms with van der Waals surface area (Å²) in [5.41, 5.74) is 2.37. The second-order valence-corrected chi connectivity index (χ2v) is 5.84. The van der Waals surface area contributed by atoms with Crippen molar-refractivity contribution < 1.29 is 4.79 Å². The van der Waals surface area contributed by atoms with Gasteiger partial charge in [0.25, 0.3) is 0 Å². The van der Waals surface area contributed by atoms with Crippen LogP contribution in [0.3, 0.4) is 0 Å². The zero-order chi connectivity index (χ0) is 13.2. The van der Waals surface area contributed by atoms with Crippen molar-refractivity contribution in [2.45, 2.75) is 57.5 Å². The molecule has 0 bridgehead atoms. The van der Waals surface area contributed by atoms with Crippen LogP contribution >= 0.6 is 0 Å². The third-order valence-corrected chi connectivity index (χ3v) is 4.36. The van der Waals surface area contributed by atoms with Crippen LogP contribution in [-0.4, -0.2) is 18.1 Å². The predicted octanol–water partition coefficient (Wildman–Crippen LogP) is 3.48. The molecule has 1 aromatic rings. The van der Waals surface area contributed by atoms with Gasteiger partial charge in [0.1, 0.15) is 0 Å². The minimum Gasteiger partial charge on any atom is -0.335 e. The molecule has 2 aliphatic rings. The molecule has 0 radical (unpaired) electrons. The molecule has 1 aliphatic carbocycles. The molecule has 19 heavy (non-hydrogen) atoms. The molecule has 1 atom stereocenters. The average Bonchev–Trinajstić information content (AvgIpc) is 2.75. The van der Waals surface area contributed by atoms with E-state index in [-0.39, 0.29) is 12.1 Å². The summed E-state index contributed by atoms with van der Waals surface area (Å²) >= 11 is 0. The fourth-order valence-corrected chi connectivity index (χ4v) is 3.37. The van der Waals surface area contributed by atoms with Gasteiger partial charge in [-0.2, -0.15) is 0 Å². The van der Waals surface area contributed by atoms with E-state index in [4.69, 9.17) is 0 Å². The molecule has 0 spiro atoms. The first kappa shape index (κ1) is 12.5. The van der Waals surface area contributed by atoms with Crippen molar-refractivity contribution in [3.63, 3.8) is 0 Å². The van der Waals surface area contributed by atoms with Gasteiger partial charge in [0.15, 0.2) is 0 Å². The van der Waals surface area contributed by atoms with Crippen LogP contribution in [0.5, 0.6) is 0 Å². The lowest BCUT2D eigenvalue weighted by Gasteiger charge is -2.28. The Morgan fingerprint density at radius 1 is 1.21 bits per heavy atom. The minimum absolute atomic E-state index is 0.0874. The number of carbonyl (C=O) groups excluding carboxylic acids is 1. The van der Waals surface area contributed by atoms with E-state index in [1.165, 1.54) is 24.8 Å². The fraction of sp³-hybridized carbons (Fsp3) is 0.562. The molecule has 1 heterocycles. The quantitative estimate of drug-likeness (QED) is 0.821. The van der Waals surface area contributed by atoms with Crippen LogP contribution in [0.15, 0.2) is 24.3 Å². The molecule has 1 aliphatic heterocycles. The summed E-state index contributed by atoms with van der Waals surface area (Å²) in [6.07, 6.45) is 7.04. The van der Waals surface area contributed by atoms with Gasteiger partial charge in [-0.3, -0.25) is 4.90 Å². The van der Waals surface area contributed by atoms with Gasteiger partial charge in [-0.25, -0.2) is 4.79 Å². The zero-order valence-electron chi connectivity index (χ0n) is 11.6. The van der Waals surface area contributed by atoms with Gasteiger partial charge in [0, 0.05) is 17.8 Å². The van der Waals surface area contributed by atoms with Crippen LogP contribution in [0.2, 0.25) is 0 Å². The molecular weight excluding hydrogens is 236 g/mol. The monoisotopic (exact) mass is 258 g/mol. The lowest BCUT2D eigenvalue weighted by Crippen LogP contribution is -2.47. The minimum atomic E-state index is 0.0874. The summed E-state index contributed by atoms with van der Waals surface area (Å²) in [5, 5.41) is 3.22. The van der Waals surface area contributed by atoms with Crippen LogP contribution in [-0.2, 0) is 6.42 Å². The molecule has 1 aromatic carbocycles. The van der Waals surface area contributed by atoms with Crippen molar-refractivity contribution in [3.05, 3.63) is 29.8 Å². The number of carbonyl (C=O) groups is 1. The Hall–Kier alpha value is -1.51. The van der Waals surface area contributed by atoms with E-state index in [1.807, 2.05) is 17.0 Å². The molecule has 3 nitrogen and oxygen atoms in total. The van der Waals surface area contributed by atoms with Crippen molar-refractivity contribution >= 4 is 11.7 Å². The summed E-state index contributed by atoms with van der Waals surface area (Å²) in [6, 6.07) is 8.97. The summed E-state index contributed by atoms with van der Waals surface area (Å²) in [6.45, 7) is 2.13. The molecule has 2 amide bonds. The van der Waals surface area contributed by atoms with Crippen LogP contribution in [0.25, 0.3) is 0 Å². The third kappa shape index (κ3) is 2.46. The summed E-state index contributed by atoms with van der Waals surface area (Å²) in [4.78, 5) is 14.4. The summed E-state index contributed by atoms with van der Waals surface area (Å²) < 4.78 is 0. The highest BCUT2D eigenvalue weighted by molar-refractivity contribution is 5.95. The average molecular weight is 258 g/mol. The van der Waals surface area contributed by atoms with Gasteiger partial charge < -0.3 is 5.32 Å². The van der Waals surface area contributed by atoms with Crippen LogP contribution in [0.1, 0.15) is 44.6 Å². The van der Waals surface area contributed by atoms with Crippen molar-refractivity contribution in [1.82, 2.24) is 5.32 Å². The Bertz CT molecular complexity index is 466. The Kier molecular flexibility index (Phi) is 3.45. The number of rotatable bonds is 1. The SMILES string of the molecule is CC1Cc2ccccc2N1C(=O)NC1CCCCC1. The highest BCUT2D eigenvalue weighted by Crippen LogP contribution is 2.32. The molecule has 0 saturated heterocycles. The van der Waals surface area contributed by atoms with Crippen molar-refractivity contribution in [2.24, 2.45) is 0 Å². The lowest BCUT2D eigenvalue weighted by molar-refractivity contribution is 0.237. The molecule has 3 heteroatoms. The van der Waals surface area contributed by atoms with Gasteiger partial charge in [0.05, 0.1) is 0 Å². The third-order valence-electron chi connectivity index (χ3n) is 4.36. The van der Waals surface area contributed by atoms with Crippen LogP contribution < -0.4 is 10.2 Å². The molecule has 1 fully saturated rings. The second-order valence-electron chi connectivity index (χ2n) is 5.84. The van der Waals surface area contributed by atoms with E-state index in [9.17, 15) is 4.79 Å². The molecule has 1 unspecified atom stereocenters. The van der Waals surface area contributed by atoms with Gasteiger partial charge in [-0.1, -0.05) is 37.5 Å². The highest BCUT2D eigenvalue weighted by Gasteiger charge is 2.31. The number of hydrogen-bond donors (Lipinski definition) is 1. The largest absolute Gasteiger partial charge is 0.335 e. The lowest BCUT2D eigenvalue weighted by atomic mass is 9.96. The first-order valence-corrected chi connectivity index (χ1v) is 7.43. The fourth-order valence-electron chi connectivity index (χ4n) is 3.37. The van der Waals surface area contributed by atoms with E-state index in [2.05, 4.69) is 24.4 Å². The van der Waals surface area contributed by atoms with Gasteiger partial charge in [-0.05, 0) is 37.8 Å². The van der Waals surface area contributed by atoms with E-state index in [1.54, 1.807) is 0 Å². The number of anilines is 1. The number of hydrogen-bond acceptors (Lipinski definition) is 1. The Morgan fingerprint density at radius 3 is 2.74 bits per heavy atom. The first-order valence-electron chi connectivity index (χ1n) is 7.43. The smallest absolute Gasteiger partial charge is 0.322 e. The Balaban J connectivity index is 1.72. The van der Waals surface area contributed by atoms with E-state index in [0.29, 0.717) is 6.04 Å². The first-order chi connectivity index (χ1) is 9.25. The predicted molar refractivity (Wildman–Crippen MR) is 77.5 cm³/mol. The maximum Gasteiger partial charge on any atom is 0.322 e. The molecule has 0 aromatic heterocycles. The Labute approximate surface area is 115 Å². The van der Waals surface area contributed by atoms with Gasteiger partial charge >= 0.3 is 6.03 Å². The van der Waals surface area contributed by atoms with Crippen molar-refractivity contribution in [3.8, 4) is 0 Å². The molecule has 1 N–H and O–H groups in total. The van der Waals surface area contributed by atoms with Crippen LogP contribution in [0.4, 0.5) is 10.5 Å². The topological polar surface area (TPSA) is 32.3 Å². The maximum atomic E-state index is 12.5. The standard InChI is InChI=1S/C16H22N2O/c1-12-11-13-7-5-6-10-15(13)18(12)16(19)17-14-8-3-2-4-9-14/h5-7,10,12,14H,2-4,8-9,11H2,1H3,(H,17,19). The highest BCUT2D eigenvalue weighted by atomic mass is 16.2. The number of para-hydroxylation sites is 1. The second kappa shape index (κ2) is 5.24. The van der Waals surface area contributed by atoms with Gasteiger partial charge in [-0.15, -0.1) is 0 Å². The van der Waals surface area contributed by atoms with Crippen molar-refractivity contribution in [2.75, 3.05) is 4.90 Å². The maximum absolute atomic E-state index is 12.5. The van der Waals surface area contributed by atoms with E-state index < -0.39 is 0 Å². The molecule has 102 valence electrons. The normalized spacial score (nSPS) is 23.2. The Morgan fingerprint density at radius 2 is 1.95 bits per heavy atom. The number of nitrogens with zero attached hydrogens (tertiary/aromatic N) is 1. The number of fused-ring (bicyclic) bond motifs is 1. The van der Waals surface area contributed by atoms with E-state index >= 15 is 0 Å². The zero-order valence-corrected chi connectivity index (χ0v) is 11.6. The van der Waals surface area contributed by atoms with Crippen molar-refractivity contribution in [1.29, 1.82) is 0 Å². The summed E-state index contributed by atoms with van der Waals surface area (Å²) in [7, 11) is 0. The summed E-state index contributed by atoms with van der Waals surface area (Å²) in [5.74, 6) is 0. The number of urea groups is 1. The van der Waals surface area contributed by atoms with E-state index in [0.717, 1.165) is 24.9 Å². The number of nitrogens with one attached hydrogen (secondary N) is 1. The molecule has 1 saturated carbocycles. The van der Waals surface area contributed by atoms with Gasteiger partial charge in [0.2, 0.25) is 0 Å². The molecular formula is C16H22N2O. The number of amides is 2.